The molecule has 0 saturated heterocycles. The number of rotatable bonds is 12. The van der Waals surface area contributed by atoms with Gasteiger partial charge in [-0.05, 0) is 164 Å². The summed E-state index contributed by atoms with van der Waals surface area (Å²) in [7, 11) is 0. The zero-order chi connectivity index (χ0) is 87.5. The number of fused-ring (bicyclic) bond motifs is 16. The van der Waals surface area contributed by atoms with Gasteiger partial charge >= 0.3 is 0 Å². The third kappa shape index (κ3) is 14.7. The van der Waals surface area contributed by atoms with Gasteiger partial charge in [0.05, 0.1) is 0 Å². The van der Waals surface area contributed by atoms with Crippen molar-refractivity contribution in [3.63, 3.8) is 0 Å². The molecule has 0 aliphatic heterocycles. The topological polar surface area (TPSA) is 129 Å². The Kier molecular flexibility index (Phi) is 19.9. The van der Waals surface area contributed by atoms with E-state index in [1.165, 1.54) is 92.8 Å². The zero-order valence-corrected chi connectivity index (χ0v) is 72.0. The monoisotopic (exact) mass is 1680 g/mol. The minimum atomic E-state index is -0.0724. The van der Waals surface area contributed by atoms with Crippen LogP contribution in [0.15, 0.2) is 441 Å². The van der Waals surface area contributed by atoms with Crippen LogP contribution in [0.5, 0.6) is 0 Å². The van der Waals surface area contributed by atoms with Gasteiger partial charge in [0.1, 0.15) is 22.6 Å². The van der Waals surface area contributed by atoms with E-state index in [1.54, 1.807) is 0 Å². The quantitative estimate of drug-likeness (QED) is 0.109. The van der Waals surface area contributed by atoms with Crippen LogP contribution in [-0.4, -0.2) is 45.1 Å². The summed E-state index contributed by atoms with van der Waals surface area (Å²) in [4.78, 5) is 35.3. The van der Waals surface area contributed by atoms with Gasteiger partial charge in [-0.1, -0.05) is 414 Å². The van der Waals surface area contributed by atoms with Crippen molar-refractivity contribution >= 4 is 86.6 Å². The third-order valence-corrected chi connectivity index (χ3v) is 25.5. The van der Waals surface area contributed by atoms with E-state index in [0.717, 1.165) is 116 Å². The summed E-state index contributed by atoms with van der Waals surface area (Å²) in [6.45, 7) is 6.67. The summed E-state index contributed by atoms with van der Waals surface area (Å²) in [6, 6.07) is 152. The highest BCUT2D eigenvalue weighted by atomic mass is 16.3. The maximum absolute atomic E-state index is 6.59. The normalized spacial score (nSPS) is 12.0. The molecule has 0 unspecified atom stereocenters. The second-order valence-corrected chi connectivity index (χ2v) is 33.9. The molecule has 616 valence electrons. The van der Waals surface area contributed by atoms with Crippen molar-refractivity contribution in [1.29, 1.82) is 0 Å². The SMILES string of the molecule is Cc1ccc(-c2nc(-c3ccccc3)nc(-c3ccc4c(c3)C(C)(C)c3ccccc3-4)n2)cc1.c1ccc(-c2nc(-c3cc(-c4cccc5ccccc45)c4oc5ccccc5c4c3)nc(-c3cccc4c3ccc3ccccc34)n2)cc1.c1ccc(-c2nnc(-c3cccc(-c4cccc(-c5ccc6c7ccccc7c7ccccc7c6c5)c4)c3)nc2-c2ccccc2)cc1. The number of hydrogen-bond donors (Lipinski definition) is 0. The molecule has 24 aromatic rings. The molecule has 10 nitrogen and oxygen atoms in total. The number of nitrogens with zero attached hydrogens (tertiary/aromatic N) is 9. The van der Waals surface area contributed by atoms with Crippen LogP contribution >= 0.6 is 0 Å². The molecule has 0 atom stereocenters. The second kappa shape index (κ2) is 33.3. The average molecular weight is 1680 g/mol. The fourth-order valence-electron chi connectivity index (χ4n) is 18.9. The Bertz CT molecular complexity index is 8530. The summed E-state index contributed by atoms with van der Waals surface area (Å²) >= 11 is 0. The van der Waals surface area contributed by atoms with Crippen molar-refractivity contribution in [2.24, 2.45) is 0 Å². The van der Waals surface area contributed by atoms with Gasteiger partial charge in [-0.3, -0.25) is 0 Å². The zero-order valence-electron chi connectivity index (χ0n) is 72.0. The number of hydrogen-bond acceptors (Lipinski definition) is 10. The van der Waals surface area contributed by atoms with Crippen LogP contribution in [-0.2, 0) is 5.41 Å². The first-order valence-corrected chi connectivity index (χ1v) is 44.3. The summed E-state index contributed by atoms with van der Waals surface area (Å²) in [5.41, 5.74) is 25.1. The molecule has 0 radical (unpaired) electrons. The number of aromatic nitrogens is 9. The Morgan fingerprint density at radius 1 is 0.191 bits per heavy atom. The van der Waals surface area contributed by atoms with E-state index < -0.39 is 0 Å². The van der Waals surface area contributed by atoms with E-state index >= 15 is 0 Å². The number of para-hydroxylation sites is 1. The Hall–Kier alpha value is -17.2. The molecule has 25 rings (SSSR count). The van der Waals surface area contributed by atoms with Gasteiger partial charge in [-0.25, -0.2) is 34.9 Å². The standard InChI is InChI=1S/C45H27N3O.C45H29N3.C31H25N3/c1-2-14-30(15-3-1)43-46-44(48-45(47-43)38-22-11-21-34-33-18-7-5-13-29(33)24-25-36(34)38)31-26-39(35-20-10-16-28-12-4-6-17-32(28)35)42-40(27-31)37-19-8-9-23-41(37)49-42;1-3-13-30(14-4-1)43-44(31-15-5-2-6-16-31)47-48-45(46-43)36-20-12-19-34(28-36)32-17-11-18-33(27-32)35-25-26-41-39-23-8-7-21-37(39)38-22-9-10-24-40(38)42(41)29-35;1-20-13-15-22(16-14-20)29-32-28(21-9-5-4-6-10-21)33-30(34-29)23-17-18-25-24-11-7-8-12-26(24)31(2,3)27(25)19-23/h1-27H;1-29H;4-19H,1-3H3. The van der Waals surface area contributed by atoms with Gasteiger partial charge in [0.25, 0.3) is 0 Å². The molecule has 0 bridgehead atoms. The van der Waals surface area contributed by atoms with E-state index in [9.17, 15) is 0 Å². The molecule has 0 fully saturated rings. The lowest BCUT2D eigenvalue weighted by Gasteiger charge is -2.21. The molecule has 4 heterocycles. The summed E-state index contributed by atoms with van der Waals surface area (Å²) in [5, 5.41) is 26.1. The Balaban J connectivity index is 0.000000114. The molecule has 0 saturated carbocycles. The van der Waals surface area contributed by atoms with Crippen LogP contribution in [0.3, 0.4) is 0 Å². The molecule has 20 aromatic carbocycles. The van der Waals surface area contributed by atoms with Crippen molar-refractivity contribution in [3.8, 4) is 147 Å². The van der Waals surface area contributed by atoms with Crippen LogP contribution in [0.1, 0.15) is 30.5 Å². The summed E-state index contributed by atoms with van der Waals surface area (Å²) in [6.07, 6.45) is 0. The largest absolute Gasteiger partial charge is 0.455 e. The van der Waals surface area contributed by atoms with E-state index in [-0.39, 0.29) is 5.41 Å². The molecule has 10 heteroatoms. The predicted molar refractivity (Wildman–Crippen MR) is 539 cm³/mol. The molecule has 4 aromatic heterocycles. The van der Waals surface area contributed by atoms with Gasteiger partial charge in [-0.2, -0.15) is 0 Å². The van der Waals surface area contributed by atoms with Crippen LogP contribution in [0, 0.1) is 6.92 Å². The van der Waals surface area contributed by atoms with Crippen molar-refractivity contribution in [3.05, 3.63) is 453 Å². The Morgan fingerprint density at radius 3 is 1.23 bits per heavy atom. The number of aryl methyl sites for hydroxylation is 1. The lowest BCUT2D eigenvalue weighted by molar-refractivity contribution is 0.660. The molecule has 1 aliphatic rings. The highest BCUT2D eigenvalue weighted by molar-refractivity contribution is 6.26. The van der Waals surface area contributed by atoms with E-state index in [4.69, 9.17) is 44.4 Å². The molecular weight excluding hydrogens is 1600 g/mol. The number of benzene rings is 20. The first kappa shape index (κ1) is 78.5. The van der Waals surface area contributed by atoms with Crippen molar-refractivity contribution in [1.82, 2.24) is 45.1 Å². The Morgan fingerprint density at radius 2 is 0.580 bits per heavy atom. The van der Waals surface area contributed by atoms with E-state index in [1.807, 2.05) is 121 Å². The van der Waals surface area contributed by atoms with Gasteiger partial charge in [-0.15, -0.1) is 10.2 Å². The Labute approximate surface area is 757 Å². The van der Waals surface area contributed by atoms with Crippen LogP contribution < -0.4 is 0 Å². The minimum absolute atomic E-state index is 0.0724. The van der Waals surface area contributed by atoms with E-state index in [2.05, 4.69) is 341 Å². The molecule has 0 amide bonds. The van der Waals surface area contributed by atoms with Crippen molar-refractivity contribution in [2.75, 3.05) is 0 Å². The summed E-state index contributed by atoms with van der Waals surface area (Å²) in [5.74, 6) is 4.53. The van der Waals surface area contributed by atoms with Crippen molar-refractivity contribution in [2.45, 2.75) is 26.2 Å². The third-order valence-electron chi connectivity index (χ3n) is 25.5. The maximum Gasteiger partial charge on any atom is 0.182 e. The molecule has 1 aliphatic carbocycles. The van der Waals surface area contributed by atoms with E-state index in [0.29, 0.717) is 40.8 Å². The molecule has 0 spiro atoms. The first-order chi connectivity index (χ1) is 64.6. The van der Waals surface area contributed by atoms with Gasteiger partial charge in [0, 0.05) is 71.8 Å². The highest BCUT2D eigenvalue weighted by Gasteiger charge is 2.36. The number of furan rings is 1. The van der Waals surface area contributed by atoms with Crippen LogP contribution in [0.2, 0.25) is 0 Å². The van der Waals surface area contributed by atoms with Crippen molar-refractivity contribution < 1.29 is 4.42 Å². The lowest BCUT2D eigenvalue weighted by Crippen LogP contribution is -2.15. The smallest absolute Gasteiger partial charge is 0.182 e. The highest BCUT2D eigenvalue weighted by Crippen LogP contribution is 2.51. The first-order valence-electron chi connectivity index (χ1n) is 44.3. The van der Waals surface area contributed by atoms with Gasteiger partial charge < -0.3 is 4.42 Å². The lowest BCUT2D eigenvalue weighted by atomic mass is 9.82. The minimum Gasteiger partial charge on any atom is -0.455 e. The predicted octanol–water partition coefficient (Wildman–Crippen LogP) is 31.1. The van der Waals surface area contributed by atoms with Crippen LogP contribution in [0.25, 0.3) is 233 Å². The van der Waals surface area contributed by atoms with Gasteiger partial charge in [0.15, 0.2) is 40.8 Å². The fraction of sp³-hybridized carbons (Fsp3) is 0.0331. The fourth-order valence-corrected chi connectivity index (χ4v) is 18.9. The molecule has 131 heavy (non-hydrogen) atoms. The van der Waals surface area contributed by atoms with Crippen LogP contribution in [0.4, 0.5) is 0 Å². The molecular formula is C121H81N9O. The average Bonchev–Trinajstić information content (AvgIpc) is 1.67. The maximum atomic E-state index is 6.59. The second-order valence-electron chi connectivity index (χ2n) is 33.9. The molecule has 0 N–H and O–H groups in total. The summed E-state index contributed by atoms with van der Waals surface area (Å²) < 4.78 is 6.59. The van der Waals surface area contributed by atoms with Gasteiger partial charge in [0.2, 0.25) is 0 Å².